The van der Waals surface area contributed by atoms with Crippen LogP contribution in [0.1, 0.15) is 99.3 Å². The van der Waals surface area contributed by atoms with Crippen molar-refractivity contribution in [2.75, 3.05) is 34.7 Å². The Bertz CT molecular complexity index is 1270. The van der Waals surface area contributed by atoms with Gasteiger partial charge in [-0.15, -0.1) is 0 Å². The molecule has 0 N–H and O–H groups in total. The van der Waals surface area contributed by atoms with Crippen molar-refractivity contribution in [1.29, 1.82) is 0 Å². The van der Waals surface area contributed by atoms with E-state index in [9.17, 15) is 14.4 Å². The highest BCUT2D eigenvalue weighted by atomic mass is 16.7. The molecule has 3 saturated carbocycles. The van der Waals surface area contributed by atoms with Gasteiger partial charge in [0.25, 0.3) is 0 Å². The van der Waals surface area contributed by atoms with Crippen LogP contribution in [0.2, 0.25) is 0 Å². The van der Waals surface area contributed by atoms with E-state index in [1.807, 2.05) is 6.92 Å². The molecule has 4 aliphatic carbocycles. The van der Waals surface area contributed by atoms with E-state index in [-0.39, 0.29) is 41.5 Å². The third-order valence-electron chi connectivity index (χ3n) is 12.4. The number of hydrogen-bond acceptors (Lipinski definition) is 10. The van der Waals surface area contributed by atoms with Gasteiger partial charge in [-0.25, -0.2) is 9.59 Å². The molecule has 10 heteroatoms. The Morgan fingerprint density at radius 3 is 2.39 bits per heavy atom. The van der Waals surface area contributed by atoms with Crippen LogP contribution in [-0.4, -0.2) is 70.8 Å². The first-order valence-electron chi connectivity index (χ1n) is 18.1. The Hall–Kier alpha value is -2.85. The van der Waals surface area contributed by atoms with Gasteiger partial charge in [0.15, 0.2) is 0 Å². The lowest BCUT2D eigenvalue weighted by molar-refractivity contribution is -0.144. The molecule has 0 spiro atoms. The van der Waals surface area contributed by atoms with Crippen molar-refractivity contribution in [3.8, 4) is 0 Å². The van der Waals surface area contributed by atoms with Gasteiger partial charge < -0.3 is 33.2 Å². The van der Waals surface area contributed by atoms with Crippen LogP contribution in [0.5, 0.6) is 0 Å². The van der Waals surface area contributed by atoms with E-state index in [1.165, 1.54) is 19.8 Å². The lowest BCUT2D eigenvalue weighted by atomic mass is 9.49. The van der Waals surface area contributed by atoms with E-state index in [0.29, 0.717) is 37.7 Å². The molecule has 0 bridgehead atoms. The van der Waals surface area contributed by atoms with Crippen LogP contribution in [0.4, 0.5) is 9.59 Å². The molecule has 0 heterocycles. The monoisotopic (exact) mass is 688 g/mol. The maximum absolute atomic E-state index is 12.8. The molecule has 0 aromatic rings. The van der Waals surface area contributed by atoms with Gasteiger partial charge >= 0.3 is 18.3 Å². The van der Waals surface area contributed by atoms with E-state index in [2.05, 4.69) is 58.9 Å². The zero-order valence-electron chi connectivity index (χ0n) is 31.2. The number of rotatable bonds is 14. The van der Waals surface area contributed by atoms with Gasteiger partial charge in [-0.3, -0.25) is 4.79 Å². The smallest absolute Gasteiger partial charge is 0.466 e. The van der Waals surface area contributed by atoms with Crippen LogP contribution in [-0.2, 0) is 38.0 Å². The minimum Gasteiger partial charge on any atom is -0.466 e. The average molecular weight is 689 g/mol. The third-order valence-corrected chi connectivity index (χ3v) is 12.4. The fourth-order valence-electron chi connectivity index (χ4n) is 9.65. The molecule has 0 amide bonds. The third kappa shape index (κ3) is 8.55. The van der Waals surface area contributed by atoms with E-state index in [4.69, 9.17) is 33.2 Å². The van der Waals surface area contributed by atoms with E-state index >= 15 is 0 Å². The van der Waals surface area contributed by atoms with Crippen LogP contribution in [0, 0.1) is 40.4 Å². The average Bonchev–Trinajstić information content (AvgIpc) is 3.42. The second kappa shape index (κ2) is 16.4. The van der Waals surface area contributed by atoms with Crippen molar-refractivity contribution in [2.24, 2.45) is 40.4 Å². The van der Waals surface area contributed by atoms with E-state index < -0.39 is 29.9 Å². The summed E-state index contributed by atoms with van der Waals surface area (Å²) in [5.74, 6) is 1.17. The van der Waals surface area contributed by atoms with Gasteiger partial charge in [-0.05, 0) is 94.3 Å². The summed E-state index contributed by atoms with van der Waals surface area (Å²) in [6, 6.07) is 0. The van der Waals surface area contributed by atoms with Gasteiger partial charge in [0, 0.05) is 25.4 Å². The quantitative estimate of drug-likeness (QED) is 0.0763. The van der Waals surface area contributed by atoms with E-state index in [0.717, 1.165) is 44.1 Å². The fraction of sp³-hybridized carbons (Fsp3) is 0.769. The predicted octanol–water partition coefficient (Wildman–Crippen LogP) is 8.34. The molecule has 0 aliphatic heterocycles. The standard InChI is InChI=1S/C39H60O10/c1-10-46-34(40)21-26(13-11-12-19-37(3,4)47-24-43-7)25(2)30-16-17-31-29-15-14-27-22-28(48-35(41)44-8)23-33(49-36(42)45-9)39(27,6)32(29)18-20-38(30,31)5/h11,13-15,25-26,28,30-33H,10,12,16-24H2,1-9H3/b13-11+/t25-,26-,28+,30+,31-,32-,33-,38+,39-/m0/s1. The molecule has 49 heavy (non-hydrogen) atoms. The van der Waals surface area contributed by atoms with Gasteiger partial charge in [0.1, 0.15) is 19.0 Å². The summed E-state index contributed by atoms with van der Waals surface area (Å²) < 4.78 is 37.6. The summed E-state index contributed by atoms with van der Waals surface area (Å²) in [6.07, 6.45) is 13.6. The Kier molecular flexibility index (Phi) is 13.1. The fourth-order valence-corrected chi connectivity index (χ4v) is 9.65. The van der Waals surface area contributed by atoms with Gasteiger partial charge in [0.05, 0.1) is 32.8 Å². The molecule has 3 fully saturated rings. The SMILES string of the molecule is CCOC(=O)C[C@H](/C=C/CCC(C)(C)OCOC)[C@H](C)[C@H]1CC[C@H]2C3=CC=C4C[C@@H](OC(=O)OC)C[C@H](OC(=O)OC)[C@]4(C)[C@H]3CC[C@]12C. The largest absolute Gasteiger partial charge is 0.508 e. The number of ether oxygens (including phenoxy) is 7. The van der Waals surface area contributed by atoms with Crippen LogP contribution in [0.25, 0.3) is 0 Å². The minimum absolute atomic E-state index is 0.0596. The van der Waals surface area contributed by atoms with Crippen LogP contribution >= 0.6 is 0 Å². The van der Waals surface area contributed by atoms with E-state index in [1.54, 1.807) is 7.11 Å². The van der Waals surface area contributed by atoms with Crippen molar-refractivity contribution < 1.29 is 47.5 Å². The molecule has 0 aromatic heterocycles. The van der Waals surface area contributed by atoms with Crippen molar-refractivity contribution in [2.45, 2.75) is 117 Å². The summed E-state index contributed by atoms with van der Waals surface area (Å²) >= 11 is 0. The molecular weight excluding hydrogens is 628 g/mol. The van der Waals surface area contributed by atoms with Gasteiger partial charge in [-0.2, -0.15) is 0 Å². The molecule has 276 valence electrons. The van der Waals surface area contributed by atoms with Crippen molar-refractivity contribution in [3.05, 3.63) is 35.5 Å². The molecule has 9 atom stereocenters. The number of fused-ring (bicyclic) bond motifs is 5. The zero-order chi connectivity index (χ0) is 36.0. The number of esters is 1. The Labute approximate surface area is 293 Å². The number of methoxy groups -OCH3 is 3. The van der Waals surface area contributed by atoms with Crippen LogP contribution in [0.3, 0.4) is 0 Å². The molecule has 0 unspecified atom stereocenters. The maximum atomic E-state index is 12.8. The number of hydrogen-bond donors (Lipinski definition) is 0. The summed E-state index contributed by atoms with van der Waals surface area (Å²) in [5.41, 5.74) is 1.86. The lowest BCUT2D eigenvalue weighted by Gasteiger charge is -2.57. The zero-order valence-corrected chi connectivity index (χ0v) is 31.2. The Morgan fingerprint density at radius 1 is 1.00 bits per heavy atom. The molecule has 0 aromatic carbocycles. The molecule has 4 rings (SSSR count). The molecule has 0 saturated heterocycles. The molecule has 4 aliphatic rings. The van der Waals surface area contributed by atoms with Gasteiger partial charge in [-0.1, -0.05) is 56.2 Å². The maximum Gasteiger partial charge on any atom is 0.508 e. The normalized spacial score (nSPS) is 32.1. The first-order chi connectivity index (χ1) is 23.2. The topological polar surface area (TPSA) is 116 Å². The number of allylic oxidation sites excluding steroid dienone is 5. The summed E-state index contributed by atoms with van der Waals surface area (Å²) in [6.45, 7) is 13.6. The Balaban J connectivity index is 1.57. The summed E-state index contributed by atoms with van der Waals surface area (Å²) in [4.78, 5) is 37.4. The summed E-state index contributed by atoms with van der Waals surface area (Å²) in [5, 5.41) is 0. The highest BCUT2D eigenvalue weighted by Crippen LogP contribution is 2.66. The second-order valence-electron chi connectivity index (χ2n) is 15.5. The molecule has 10 nitrogen and oxygen atoms in total. The first kappa shape index (κ1) is 38.9. The van der Waals surface area contributed by atoms with Crippen LogP contribution in [0.15, 0.2) is 35.5 Å². The van der Waals surface area contributed by atoms with Crippen molar-refractivity contribution in [1.82, 2.24) is 0 Å². The van der Waals surface area contributed by atoms with Gasteiger partial charge in [0.2, 0.25) is 0 Å². The first-order valence-corrected chi connectivity index (χ1v) is 18.1. The highest BCUT2D eigenvalue weighted by Gasteiger charge is 2.60. The molecule has 0 radical (unpaired) electrons. The van der Waals surface area contributed by atoms with Crippen LogP contribution < -0.4 is 0 Å². The molecular formula is C39H60O10. The number of carbonyl (C=O) groups is 3. The minimum atomic E-state index is -0.742. The lowest BCUT2D eigenvalue weighted by Crippen LogP contribution is -2.54. The Morgan fingerprint density at radius 2 is 1.71 bits per heavy atom. The highest BCUT2D eigenvalue weighted by molar-refractivity contribution is 5.70. The van der Waals surface area contributed by atoms with Crippen molar-refractivity contribution >= 4 is 18.3 Å². The second-order valence-corrected chi connectivity index (χ2v) is 15.5. The number of carbonyl (C=O) groups excluding carboxylic acids is 3. The van der Waals surface area contributed by atoms with Crippen molar-refractivity contribution in [3.63, 3.8) is 0 Å². The summed E-state index contributed by atoms with van der Waals surface area (Å²) in [7, 11) is 4.23. The predicted molar refractivity (Wildman–Crippen MR) is 184 cm³/mol.